The summed E-state index contributed by atoms with van der Waals surface area (Å²) < 4.78 is 24.1. The maximum absolute atomic E-state index is 12.0. The zero-order valence-electron chi connectivity index (χ0n) is 7.69. The Bertz CT molecular complexity index is 138. The zero-order chi connectivity index (χ0) is 9.14. The van der Waals surface area contributed by atoms with Crippen molar-refractivity contribution in [2.75, 3.05) is 6.54 Å². The van der Waals surface area contributed by atoms with Gasteiger partial charge in [0.05, 0.1) is 0 Å². The smallest absolute Gasteiger partial charge is 0.241 e. The summed E-state index contributed by atoms with van der Waals surface area (Å²) in [5.74, 6) is -0.0828. The maximum Gasteiger partial charge on any atom is 0.241 e. The minimum atomic E-state index is -2.10. The Kier molecular flexibility index (Phi) is 3.44. The van der Waals surface area contributed by atoms with Crippen LogP contribution in [0, 0.1) is 11.8 Å². The van der Waals surface area contributed by atoms with Crippen LogP contribution in [0.3, 0.4) is 0 Å². The van der Waals surface area contributed by atoms with Crippen molar-refractivity contribution < 1.29 is 8.78 Å². The quantitative estimate of drug-likeness (QED) is 0.679. The third-order valence-electron chi connectivity index (χ3n) is 2.64. The summed E-state index contributed by atoms with van der Waals surface area (Å²) in [4.78, 5) is 0. The van der Waals surface area contributed by atoms with Crippen molar-refractivity contribution in [3.8, 4) is 0 Å². The van der Waals surface area contributed by atoms with Gasteiger partial charge in [0, 0.05) is 12.0 Å². The van der Waals surface area contributed by atoms with E-state index in [1.54, 1.807) is 0 Å². The lowest BCUT2D eigenvalue weighted by Gasteiger charge is -2.10. The molecule has 0 aliphatic heterocycles. The normalized spacial score (nSPS) is 30.8. The highest BCUT2D eigenvalue weighted by Crippen LogP contribution is 2.42. The number of nitrogens with one attached hydrogen (secondary N) is 1. The van der Waals surface area contributed by atoms with Gasteiger partial charge in [-0.1, -0.05) is 6.92 Å². The topological polar surface area (TPSA) is 12.0 Å². The van der Waals surface area contributed by atoms with Gasteiger partial charge in [-0.25, -0.2) is 8.78 Å². The summed E-state index contributed by atoms with van der Waals surface area (Å²) in [7, 11) is 0. The molecule has 0 aromatic rings. The van der Waals surface area contributed by atoms with Gasteiger partial charge in [0.2, 0.25) is 6.43 Å². The molecule has 3 heteroatoms. The predicted molar refractivity (Wildman–Crippen MR) is 45.4 cm³/mol. The second-order valence-electron chi connectivity index (χ2n) is 3.71. The third-order valence-corrected chi connectivity index (χ3v) is 2.64. The van der Waals surface area contributed by atoms with Crippen LogP contribution < -0.4 is 5.32 Å². The van der Waals surface area contributed by atoms with Gasteiger partial charge in [-0.05, 0) is 32.2 Å². The molecule has 1 aliphatic rings. The Labute approximate surface area is 72.5 Å². The molecule has 0 spiro atoms. The number of rotatable bonds is 5. The number of hydrogen-bond donors (Lipinski definition) is 1. The van der Waals surface area contributed by atoms with E-state index in [1.807, 2.05) is 0 Å². The van der Waals surface area contributed by atoms with Crippen LogP contribution in [0.5, 0.6) is 0 Å². The summed E-state index contributed by atoms with van der Waals surface area (Å²) >= 11 is 0. The maximum atomic E-state index is 12.0. The fourth-order valence-corrected chi connectivity index (χ4v) is 1.31. The monoisotopic (exact) mass is 177 g/mol. The molecule has 1 saturated carbocycles. The molecule has 1 fully saturated rings. The van der Waals surface area contributed by atoms with Gasteiger partial charge >= 0.3 is 0 Å². The lowest BCUT2D eigenvalue weighted by atomic mass is 10.2. The Morgan fingerprint density at radius 1 is 1.50 bits per heavy atom. The first-order chi connectivity index (χ1) is 5.65. The van der Waals surface area contributed by atoms with E-state index in [0.29, 0.717) is 12.5 Å². The molecule has 0 amide bonds. The summed E-state index contributed by atoms with van der Waals surface area (Å²) in [5, 5.41) is 3.25. The van der Waals surface area contributed by atoms with E-state index in [2.05, 4.69) is 19.2 Å². The summed E-state index contributed by atoms with van der Waals surface area (Å²) in [5.41, 5.74) is 0. The molecule has 0 aromatic heterocycles. The minimum absolute atomic E-state index is 0.235. The van der Waals surface area contributed by atoms with Crippen molar-refractivity contribution >= 4 is 0 Å². The van der Waals surface area contributed by atoms with Gasteiger partial charge in [-0.15, -0.1) is 0 Å². The van der Waals surface area contributed by atoms with E-state index in [9.17, 15) is 8.78 Å². The van der Waals surface area contributed by atoms with Crippen LogP contribution >= 0.6 is 0 Å². The first-order valence-electron chi connectivity index (χ1n) is 4.66. The average Bonchev–Trinajstić information content (AvgIpc) is 2.79. The van der Waals surface area contributed by atoms with Gasteiger partial charge in [0.25, 0.3) is 0 Å². The van der Waals surface area contributed by atoms with Crippen LogP contribution in [0.2, 0.25) is 0 Å². The van der Waals surface area contributed by atoms with E-state index in [1.165, 1.54) is 0 Å². The predicted octanol–water partition coefficient (Wildman–Crippen LogP) is 2.28. The molecular weight excluding hydrogens is 160 g/mol. The number of halogens is 2. The van der Waals surface area contributed by atoms with Crippen molar-refractivity contribution in [2.24, 2.45) is 11.8 Å². The lowest BCUT2D eigenvalue weighted by molar-refractivity contribution is 0.116. The van der Waals surface area contributed by atoms with Crippen molar-refractivity contribution in [3.05, 3.63) is 0 Å². The SMILES string of the molecule is CCC(C)NCC1CC1C(F)F. The van der Waals surface area contributed by atoms with Crippen molar-refractivity contribution in [3.63, 3.8) is 0 Å². The van der Waals surface area contributed by atoms with Crippen LogP contribution in [0.1, 0.15) is 26.7 Å². The minimum Gasteiger partial charge on any atom is -0.314 e. The van der Waals surface area contributed by atoms with Crippen molar-refractivity contribution in [2.45, 2.75) is 39.2 Å². The summed E-state index contributed by atoms with van der Waals surface area (Å²) in [6, 6.07) is 0.462. The Morgan fingerprint density at radius 2 is 2.17 bits per heavy atom. The molecule has 1 rings (SSSR count). The molecule has 0 aromatic carbocycles. The van der Waals surface area contributed by atoms with Crippen LogP contribution in [0.15, 0.2) is 0 Å². The zero-order valence-corrected chi connectivity index (χ0v) is 7.69. The van der Waals surface area contributed by atoms with E-state index in [0.717, 1.165) is 13.0 Å². The second-order valence-corrected chi connectivity index (χ2v) is 3.71. The van der Waals surface area contributed by atoms with E-state index < -0.39 is 6.43 Å². The van der Waals surface area contributed by atoms with Crippen molar-refractivity contribution in [1.29, 1.82) is 0 Å². The van der Waals surface area contributed by atoms with Crippen LogP contribution in [0.4, 0.5) is 8.78 Å². The third kappa shape index (κ3) is 2.70. The lowest BCUT2D eigenvalue weighted by Crippen LogP contribution is -2.27. The van der Waals surface area contributed by atoms with Gasteiger partial charge in [0.15, 0.2) is 0 Å². The van der Waals surface area contributed by atoms with Gasteiger partial charge in [-0.2, -0.15) is 0 Å². The molecule has 1 N–H and O–H groups in total. The van der Waals surface area contributed by atoms with E-state index in [-0.39, 0.29) is 11.8 Å². The van der Waals surface area contributed by atoms with Gasteiger partial charge in [-0.3, -0.25) is 0 Å². The molecule has 1 aliphatic carbocycles. The molecule has 1 nitrogen and oxygen atoms in total. The number of hydrogen-bond acceptors (Lipinski definition) is 1. The molecule has 0 bridgehead atoms. The molecule has 3 unspecified atom stereocenters. The Hall–Kier alpha value is -0.180. The highest BCUT2D eigenvalue weighted by Gasteiger charge is 2.43. The van der Waals surface area contributed by atoms with Crippen LogP contribution in [-0.2, 0) is 0 Å². The molecule has 0 radical (unpaired) electrons. The first kappa shape index (κ1) is 9.90. The molecule has 72 valence electrons. The largest absolute Gasteiger partial charge is 0.314 e. The van der Waals surface area contributed by atoms with Gasteiger partial charge in [0.1, 0.15) is 0 Å². The Morgan fingerprint density at radius 3 is 2.58 bits per heavy atom. The highest BCUT2D eigenvalue weighted by atomic mass is 19.3. The molecule has 0 saturated heterocycles. The fourth-order valence-electron chi connectivity index (χ4n) is 1.31. The number of alkyl halides is 2. The van der Waals surface area contributed by atoms with Crippen LogP contribution in [0.25, 0.3) is 0 Å². The Balaban J connectivity index is 2.04. The average molecular weight is 177 g/mol. The van der Waals surface area contributed by atoms with Gasteiger partial charge < -0.3 is 5.32 Å². The van der Waals surface area contributed by atoms with E-state index >= 15 is 0 Å². The molecule has 0 heterocycles. The first-order valence-corrected chi connectivity index (χ1v) is 4.66. The molecular formula is C9H17F2N. The summed E-state index contributed by atoms with van der Waals surface area (Å²) in [6.45, 7) is 4.94. The highest BCUT2D eigenvalue weighted by molar-refractivity contribution is 4.89. The van der Waals surface area contributed by atoms with Crippen molar-refractivity contribution in [1.82, 2.24) is 5.32 Å². The summed E-state index contributed by atoms with van der Waals surface area (Å²) in [6.07, 6.45) is -0.332. The molecule has 12 heavy (non-hydrogen) atoms. The van der Waals surface area contributed by atoms with Crippen LogP contribution in [-0.4, -0.2) is 19.0 Å². The standard InChI is InChI=1S/C9H17F2N/c1-3-6(2)12-5-7-4-8(7)9(10)11/h6-9,12H,3-5H2,1-2H3. The fraction of sp³-hybridized carbons (Fsp3) is 1.00. The van der Waals surface area contributed by atoms with E-state index in [4.69, 9.17) is 0 Å². The second kappa shape index (κ2) is 4.17. The molecule has 3 atom stereocenters.